The maximum Gasteiger partial charge on any atom is 0.338 e. The molecule has 4 N–H and O–H groups in total. The molecule has 2 rings (SSSR count). The monoisotopic (exact) mass is 322 g/mol. The lowest BCUT2D eigenvalue weighted by molar-refractivity contribution is -0.0373. The summed E-state index contributed by atoms with van der Waals surface area (Å²) in [6, 6.07) is 7.98. The van der Waals surface area contributed by atoms with Crippen LogP contribution in [0.15, 0.2) is 24.3 Å². The van der Waals surface area contributed by atoms with Crippen LogP contribution in [0.25, 0.3) is 0 Å². The molecule has 1 aromatic carbocycles. The van der Waals surface area contributed by atoms with E-state index in [1.807, 2.05) is 0 Å². The lowest BCUT2D eigenvalue weighted by Crippen LogP contribution is -2.35. The number of ether oxygens (including phenoxy) is 1. The van der Waals surface area contributed by atoms with Crippen molar-refractivity contribution < 1.29 is 19.1 Å². The molecule has 1 aromatic rings. The van der Waals surface area contributed by atoms with Gasteiger partial charge in [0.25, 0.3) is 0 Å². The number of hydrazine groups is 1. The molecular formula is C15H19FN4O3. The second-order valence-electron chi connectivity index (χ2n) is 5.03. The van der Waals surface area contributed by atoms with Gasteiger partial charge in [-0.2, -0.15) is 0 Å². The molecule has 0 bridgehead atoms. The first kappa shape index (κ1) is 16.9. The number of amides is 2. The first-order valence-corrected chi connectivity index (χ1v) is 7.21. The zero-order valence-electron chi connectivity index (χ0n) is 12.5. The van der Waals surface area contributed by atoms with E-state index in [1.165, 1.54) is 12.1 Å². The minimum Gasteiger partial charge on any atom is -0.492 e. The van der Waals surface area contributed by atoms with Crippen LogP contribution in [-0.4, -0.2) is 47.0 Å². The summed E-state index contributed by atoms with van der Waals surface area (Å²) in [5.41, 5.74) is 8.06. The standard InChI is InChI=1S/C15H19FN4O3/c16-12-3-5-14(6-4-12)23-11-13-7-10-19(18-13)8-1-2-9-20(22)15(17)21/h3-6,13,18,22H,2,7,9-11H2,(H2,17,21)/t13-/m0/s1. The van der Waals surface area contributed by atoms with Crippen LogP contribution in [0.4, 0.5) is 9.18 Å². The number of hydroxylamine groups is 2. The molecule has 1 fully saturated rings. The van der Waals surface area contributed by atoms with Gasteiger partial charge in [-0.05, 0) is 30.7 Å². The number of carbonyl (C=O) groups excluding carboxylic acids is 1. The average Bonchev–Trinajstić information content (AvgIpc) is 2.98. The molecule has 8 heteroatoms. The lowest BCUT2D eigenvalue weighted by atomic mass is 10.2. The minimum absolute atomic E-state index is 0.0628. The Morgan fingerprint density at radius 3 is 2.96 bits per heavy atom. The van der Waals surface area contributed by atoms with Gasteiger partial charge in [0.15, 0.2) is 0 Å². The first-order valence-electron chi connectivity index (χ1n) is 7.21. The molecule has 0 spiro atoms. The molecule has 23 heavy (non-hydrogen) atoms. The molecule has 1 saturated heterocycles. The van der Waals surface area contributed by atoms with E-state index < -0.39 is 6.03 Å². The zero-order valence-corrected chi connectivity index (χ0v) is 12.5. The van der Waals surface area contributed by atoms with E-state index in [2.05, 4.69) is 17.4 Å². The summed E-state index contributed by atoms with van der Waals surface area (Å²) in [5, 5.41) is 11.2. The predicted molar refractivity (Wildman–Crippen MR) is 80.6 cm³/mol. The zero-order chi connectivity index (χ0) is 16.7. The van der Waals surface area contributed by atoms with Crippen molar-refractivity contribution in [1.29, 1.82) is 0 Å². The van der Waals surface area contributed by atoms with E-state index in [4.69, 9.17) is 15.7 Å². The number of halogens is 1. The SMILES string of the molecule is NC(=O)N(O)CCC#CN1CC[C@@H](COc2ccc(F)cc2)N1. The van der Waals surface area contributed by atoms with Gasteiger partial charge in [-0.1, -0.05) is 5.92 Å². The molecule has 124 valence electrons. The van der Waals surface area contributed by atoms with Gasteiger partial charge >= 0.3 is 6.03 Å². The van der Waals surface area contributed by atoms with Crippen molar-refractivity contribution in [3.05, 3.63) is 30.1 Å². The van der Waals surface area contributed by atoms with Gasteiger partial charge in [-0.3, -0.25) is 10.2 Å². The molecule has 1 aliphatic rings. The predicted octanol–water partition coefficient (Wildman–Crippen LogP) is 0.904. The van der Waals surface area contributed by atoms with Crippen molar-refractivity contribution in [2.24, 2.45) is 5.73 Å². The van der Waals surface area contributed by atoms with Crippen LogP contribution < -0.4 is 15.9 Å². The molecule has 0 aliphatic carbocycles. The van der Waals surface area contributed by atoms with Crippen molar-refractivity contribution >= 4 is 6.03 Å². The first-order chi connectivity index (χ1) is 11.0. The molecule has 0 unspecified atom stereocenters. The maximum absolute atomic E-state index is 12.8. The fraction of sp³-hybridized carbons (Fsp3) is 0.400. The number of primary amides is 1. The summed E-state index contributed by atoms with van der Waals surface area (Å²) in [6.45, 7) is 1.26. The number of urea groups is 1. The van der Waals surface area contributed by atoms with Gasteiger partial charge in [0.2, 0.25) is 0 Å². The van der Waals surface area contributed by atoms with Crippen molar-refractivity contribution in [1.82, 2.24) is 15.5 Å². The summed E-state index contributed by atoms with van der Waals surface area (Å²) < 4.78 is 18.4. The topological polar surface area (TPSA) is 91.1 Å². The molecule has 1 atom stereocenters. The third-order valence-electron chi connectivity index (χ3n) is 3.22. The molecule has 0 radical (unpaired) electrons. The van der Waals surface area contributed by atoms with E-state index in [0.717, 1.165) is 13.0 Å². The Hall–Kier alpha value is -2.50. The molecular weight excluding hydrogens is 303 g/mol. The highest BCUT2D eigenvalue weighted by atomic mass is 19.1. The van der Waals surface area contributed by atoms with Gasteiger partial charge in [0.05, 0.1) is 12.6 Å². The van der Waals surface area contributed by atoms with Gasteiger partial charge in [0, 0.05) is 19.0 Å². The van der Waals surface area contributed by atoms with Crippen LogP contribution in [0.5, 0.6) is 5.75 Å². The van der Waals surface area contributed by atoms with E-state index >= 15 is 0 Å². The fourth-order valence-corrected chi connectivity index (χ4v) is 1.99. The number of nitrogens with zero attached hydrogens (tertiary/aromatic N) is 2. The van der Waals surface area contributed by atoms with Crippen molar-refractivity contribution in [3.63, 3.8) is 0 Å². The van der Waals surface area contributed by atoms with Crippen LogP contribution >= 0.6 is 0 Å². The Kier molecular flexibility index (Phi) is 6.02. The molecule has 7 nitrogen and oxygen atoms in total. The van der Waals surface area contributed by atoms with Crippen LogP contribution in [0, 0.1) is 17.8 Å². The van der Waals surface area contributed by atoms with Crippen molar-refractivity contribution in [3.8, 4) is 17.7 Å². The number of nitrogens with one attached hydrogen (secondary N) is 1. The summed E-state index contributed by atoms with van der Waals surface area (Å²) >= 11 is 0. The number of benzene rings is 1. The van der Waals surface area contributed by atoms with Gasteiger partial charge in [-0.15, -0.1) is 0 Å². The Labute approximate surface area is 133 Å². The fourth-order valence-electron chi connectivity index (χ4n) is 1.99. The van der Waals surface area contributed by atoms with E-state index in [9.17, 15) is 9.18 Å². The van der Waals surface area contributed by atoms with E-state index in [0.29, 0.717) is 23.8 Å². The van der Waals surface area contributed by atoms with E-state index in [-0.39, 0.29) is 18.4 Å². The molecule has 1 heterocycles. The highest BCUT2D eigenvalue weighted by Gasteiger charge is 2.20. The number of rotatable bonds is 5. The lowest BCUT2D eigenvalue weighted by Gasteiger charge is -2.14. The van der Waals surface area contributed by atoms with E-state index in [1.54, 1.807) is 17.1 Å². The largest absolute Gasteiger partial charge is 0.492 e. The Morgan fingerprint density at radius 1 is 1.52 bits per heavy atom. The van der Waals surface area contributed by atoms with Gasteiger partial charge < -0.3 is 10.5 Å². The average molecular weight is 322 g/mol. The maximum atomic E-state index is 12.8. The molecule has 1 aliphatic heterocycles. The third kappa shape index (κ3) is 5.65. The number of hydrogen-bond donors (Lipinski definition) is 3. The second kappa shape index (κ2) is 8.22. The Morgan fingerprint density at radius 2 is 2.26 bits per heavy atom. The Bertz CT molecular complexity index is 585. The van der Waals surface area contributed by atoms with Crippen molar-refractivity contribution in [2.45, 2.75) is 18.9 Å². The van der Waals surface area contributed by atoms with Gasteiger partial charge in [0.1, 0.15) is 18.2 Å². The summed E-state index contributed by atoms with van der Waals surface area (Å²) in [6.07, 6.45) is 1.18. The van der Waals surface area contributed by atoms with Crippen molar-refractivity contribution in [2.75, 3.05) is 19.7 Å². The quantitative estimate of drug-likeness (QED) is 0.426. The van der Waals surface area contributed by atoms with Crippen LogP contribution in [-0.2, 0) is 0 Å². The minimum atomic E-state index is -0.899. The van der Waals surface area contributed by atoms with Crippen LogP contribution in [0.3, 0.4) is 0 Å². The van der Waals surface area contributed by atoms with Crippen LogP contribution in [0.1, 0.15) is 12.8 Å². The highest BCUT2D eigenvalue weighted by molar-refractivity contribution is 5.70. The molecule has 0 saturated carbocycles. The second-order valence-corrected chi connectivity index (χ2v) is 5.03. The summed E-state index contributed by atoms with van der Waals surface area (Å²) in [4.78, 5) is 10.6. The molecule has 0 aromatic heterocycles. The highest BCUT2D eigenvalue weighted by Crippen LogP contribution is 2.13. The number of hydrogen-bond acceptors (Lipinski definition) is 5. The summed E-state index contributed by atoms with van der Waals surface area (Å²) in [5.74, 6) is 3.16. The summed E-state index contributed by atoms with van der Waals surface area (Å²) in [7, 11) is 0. The Balaban J connectivity index is 1.68. The van der Waals surface area contributed by atoms with Crippen LogP contribution in [0.2, 0.25) is 0 Å². The normalized spacial score (nSPS) is 16.6. The smallest absolute Gasteiger partial charge is 0.338 e. The number of nitrogens with two attached hydrogens (primary N) is 1. The molecule has 2 amide bonds. The number of carbonyl (C=O) groups is 1. The van der Waals surface area contributed by atoms with Gasteiger partial charge in [-0.25, -0.2) is 19.7 Å². The third-order valence-corrected chi connectivity index (χ3v) is 3.22.